The van der Waals surface area contributed by atoms with Crippen LogP contribution in [0.1, 0.15) is 39.5 Å². The van der Waals surface area contributed by atoms with Gasteiger partial charge in [-0.1, -0.05) is 13.8 Å². The van der Waals surface area contributed by atoms with Crippen LogP contribution in [0.2, 0.25) is 0 Å². The van der Waals surface area contributed by atoms with Crippen molar-refractivity contribution in [2.45, 2.75) is 50.8 Å². The highest BCUT2D eigenvalue weighted by atomic mass is 32.2. The smallest absolute Gasteiger partial charge is 0.0506 e. The predicted molar refractivity (Wildman–Crippen MR) is 60.8 cm³/mol. The SMILES string of the molecule is CC1(C)CCC2NCCCS(=O)C2C1. The Hall–Kier alpha value is 0.110. The molecule has 2 aliphatic rings. The van der Waals surface area contributed by atoms with E-state index in [1.54, 1.807) is 0 Å². The second-order valence-corrected chi connectivity index (χ2v) is 7.22. The van der Waals surface area contributed by atoms with Gasteiger partial charge in [-0.15, -0.1) is 0 Å². The zero-order valence-corrected chi connectivity index (χ0v) is 10.0. The molecule has 0 radical (unpaired) electrons. The molecule has 2 rings (SSSR count). The van der Waals surface area contributed by atoms with Crippen LogP contribution in [-0.2, 0) is 10.8 Å². The summed E-state index contributed by atoms with van der Waals surface area (Å²) in [5, 5.41) is 3.98. The maximum Gasteiger partial charge on any atom is 0.0506 e. The van der Waals surface area contributed by atoms with E-state index in [0.717, 1.165) is 25.1 Å². The predicted octanol–water partition coefficient (Wildman–Crippen LogP) is 1.68. The molecule has 14 heavy (non-hydrogen) atoms. The Labute approximate surface area is 89.3 Å². The van der Waals surface area contributed by atoms with Gasteiger partial charge in [-0.05, 0) is 37.6 Å². The summed E-state index contributed by atoms with van der Waals surface area (Å²) >= 11 is 0. The van der Waals surface area contributed by atoms with Crippen molar-refractivity contribution in [1.82, 2.24) is 5.32 Å². The fourth-order valence-electron chi connectivity index (χ4n) is 2.68. The molecule has 3 atom stereocenters. The lowest BCUT2D eigenvalue weighted by Gasteiger charge is -2.39. The fraction of sp³-hybridized carbons (Fsp3) is 1.00. The largest absolute Gasteiger partial charge is 0.313 e. The maximum atomic E-state index is 12.0. The quantitative estimate of drug-likeness (QED) is 0.666. The second-order valence-electron chi connectivity index (χ2n) is 5.44. The lowest BCUT2D eigenvalue weighted by Crippen LogP contribution is -2.46. The van der Waals surface area contributed by atoms with Crippen molar-refractivity contribution in [3.8, 4) is 0 Å². The number of rotatable bonds is 0. The average molecular weight is 215 g/mol. The Bertz CT molecular complexity index is 239. The Morgan fingerprint density at radius 2 is 2.21 bits per heavy atom. The number of hydrogen-bond donors (Lipinski definition) is 1. The normalized spacial score (nSPS) is 42.6. The highest BCUT2D eigenvalue weighted by Crippen LogP contribution is 2.38. The third-order valence-corrected chi connectivity index (χ3v) is 5.46. The molecule has 3 heteroatoms. The highest BCUT2D eigenvalue weighted by Gasteiger charge is 2.38. The molecule has 1 heterocycles. The van der Waals surface area contributed by atoms with Crippen molar-refractivity contribution in [1.29, 1.82) is 0 Å². The third-order valence-electron chi connectivity index (χ3n) is 3.60. The molecule has 0 bridgehead atoms. The van der Waals surface area contributed by atoms with E-state index in [0.29, 0.717) is 16.7 Å². The van der Waals surface area contributed by atoms with Crippen molar-refractivity contribution in [2.24, 2.45) is 5.41 Å². The molecule has 0 amide bonds. The van der Waals surface area contributed by atoms with Gasteiger partial charge in [0.15, 0.2) is 0 Å². The fourth-order valence-corrected chi connectivity index (χ4v) is 4.65. The van der Waals surface area contributed by atoms with Crippen molar-refractivity contribution in [2.75, 3.05) is 12.3 Å². The molecule has 3 unspecified atom stereocenters. The summed E-state index contributed by atoms with van der Waals surface area (Å²) < 4.78 is 12.0. The Morgan fingerprint density at radius 1 is 1.43 bits per heavy atom. The van der Waals surface area contributed by atoms with Gasteiger partial charge in [-0.25, -0.2) is 0 Å². The van der Waals surface area contributed by atoms with Crippen LogP contribution < -0.4 is 5.32 Å². The second kappa shape index (κ2) is 3.93. The first-order chi connectivity index (χ1) is 6.58. The van der Waals surface area contributed by atoms with Crippen LogP contribution >= 0.6 is 0 Å². The molecule has 1 saturated heterocycles. The highest BCUT2D eigenvalue weighted by molar-refractivity contribution is 7.85. The minimum atomic E-state index is -0.583. The van der Waals surface area contributed by atoms with Crippen molar-refractivity contribution < 1.29 is 4.21 Å². The van der Waals surface area contributed by atoms with Crippen LogP contribution in [0.5, 0.6) is 0 Å². The molecule has 0 aromatic heterocycles. The van der Waals surface area contributed by atoms with E-state index in [1.165, 1.54) is 12.8 Å². The minimum Gasteiger partial charge on any atom is -0.313 e. The summed E-state index contributed by atoms with van der Waals surface area (Å²) in [6.45, 7) is 5.68. The summed E-state index contributed by atoms with van der Waals surface area (Å²) in [6, 6.07) is 0.534. The van der Waals surface area contributed by atoms with Gasteiger partial charge in [-0.2, -0.15) is 0 Å². The van der Waals surface area contributed by atoms with Crippen LogP contribution in [-0.4, -0.2) is 27.8 Å². The topological polar surface area (TPSA) is 29.1 Å². The monoisotopic (exact) mass is 215 g/mol. The molecule has 1 aliphatic heterocycles. The van der Waals surface area contributed by atoms with E-state index in [9.17, 15) is 4.21 Å². The minimum absolute atomic E-state index is 0.406. The Morgan fingerprint density at radius 3 is 3.00 bits per heavy atom. The van der Waals surface area contributed by atoms with E-state index in [1.807, 2.05) is 0 Å². The number of fused-ring (bicyclic) bond motifs is 1. The van der Waals surface area contributed by atoms with E-state index in [4.69, 9.17) is 0 Å². The van der Waals surface area contributed by atoms with E-state index >= 15 is 0 Å². The molecule has 1 saturated carbocycles. The van der Waals surface area contributed by atoms with Gasteiger partial charge < -0.3 is 5.32 Å². The molecule has 1 N–H and O–H groups in total. The zero-order valence-electron chi connectivity index (χ0n) is 9.21. The molecular weight excluding hydrogens is 194 g/mol. The maximum absolute atomic E-state index is 12.0. The lowest BCUT2D eigenvalue weighted by molar-refractivity contribution is 0.214. The van der Waals surface area contributed by atoms with Crippen LogP contribution in [0.3, 0.4) is 0 Å². The van der Waals surface area contributed by atoms with Crippen molar-refractivity contribution >= 4 is 10.8 Å². The van der Waals surface area contributed by atoms with Crippen LogP contribution in [0.4, 0.5) is 0 Å². The van der Waals surface area contributed by atoms with Crippen LogP contribution in [0.25, 0.3) is 0 Å². The number of nitrogens with one attached hydrogen (secondary N) is 1. The first-order valence-electron chi connectivity index (χ1n) is 5.69. The zero-order chi connectivity index (χ0) is 10.2. The molecule has 0 aromatic rings. The average Bonchev–Trinajstić information content (AvgIpc) is 2.28. The molecule has 1 aliphatic carbocycles. The van der Waals surface area contributed by atoms with Crippen LogP contribution in [0, 0.1) is 5.41 Å². The summed E-state index contributed by atoms with van der Waals surface area (Å²) in [5.41, 5.74) is 0.406. The first kappa shape index (κ1) is 10.6. The van der Waals surface area contributed by atoms with Gasteiger partial charge >= 0.3 is 0 Å². The summed E-state index contributed by atoms with van der Waals surface area (Å²) in [7, 11) is -0.583. The first-order valence-corrected chi connectivity index (χ1v) is 7.07. The Kier molecular flexibility index (Phi) is 2.98. The molecular formula is C11H21NOS. The lowest BCUT2D eigenvalue weighted by atomic mass is 9.75. The van der Waals surface area contributed by atoms with Gasteiger partial charge in [0, 0.05) is 22.6 Å². The van der Waals surface area contributed by atoms with E-state index in [2.05, 4.69) is 19.2 Å². The molecule has 0 aromatic carbocycles. The number of hydrogen-bond acceptors (Lipinski definition) is 2. The van der Waals surface area contributed by atoms with Gasteiger partial charge in [-0.3, -0.25) is 4.21 Å². The molecule has 2 fully saturated rings. The molecule has 2 nitrogen and oxygen atoms in total. The van der Waals surface area contributed by atoms with Crippen molar-refractivity contribution in [3.63, 3.8) is 0 Å². The standard InChI is InChI=1S/C11H21NOS/c1-11(2)5-4-9-10(8-11)14(13)7-3-6-12-9/h9-10,12H,3-8H2,1-2H3. The van der Waals surface area contributed by atoms with Gasteiger partial charge in [0.25, 0.3) is 0 Å². The third kappa shape index (κ3) is 2.19. The van der Waals surface area contributed by atoms with Crippen LogP contribution in [0.15, 0.2) is 0 Å². The van der Waals surface area contributed by atoms with Gasteiger partial charge in [0.1, 0.15) is 0 Å². The molecule has 0 spiro atoms. The molecule has 82 valence electrons. The summed E-state index contributed by atoms with van der Waals surface area (Å²) in [6.07, 6.45) is 4.71. The van der Waals surface area contributed by atoms with E-state index in [-0.39, 0.29) is 0 Å². The summed E-state index contributed by atoms with van der Waals surface area (Å²) in [5.74, 6) is 0.907. The Balaban J connectivity index is 2.11. The van der Waals surface area contributed by atoms with Gasteiger partial charge in [0.2, 0.25) is 0 Å². The summed E-state index contributed by atoms with van der Waals surface area (Å²) in [4.78, 5) is 0. The van der Waals surface area contributed by atoms with Gasteiger partial charge in [0.05, 0.1) is 5.25 Å². The van der Waals surface area contributed by atoms with Crippen molar-refractivity contribution in [3.05, 3.63) is 0 Å². The van der Waals surface area contributed by atoms with E-state index < -0.39 is 10.8 Å².